The third kappa shape index (κ3) is 3.93. The van der Waals surface area contributed by atoms with Crippen LogP contribution in [0.15, 0.2) is 24.3 Å². The molecule has 0 aliphatic heterocycles. The molecule has 3 N–H and O–H groups in total. The minimum absolute atomic E-state index is 0.0986. The summed E-state index contributed by atoms with van der Waals surface area (Å²) in [6.07, 6.45) is -4.34. The third-order valence-electron chi connectivity index (χ3n) is 2.54. The summed E-state index contributed by atoms with van der Waals surface area (Å²) in [5.41, 5.74) is 4.75. The zero-order valence-electron chi connectivity index (χ0n) is 9.93. The lowest BCUT2D eigenvalue weighted by Crippen LogP contribution is -2.31. The van der Waals surface area contributed by atoms with Crippen molar-refractivity contribution in [2.75, 3.05) is 18.4 Å². The Morgan fingerprint density at radius 2 is 1.76 bits per heavy atom. The molecule has 0 atom stereocenters. The van der Waals surface area contributed by atoms with Crippen LogP contribution < -0.4 is 11.1 Å². The Bertz CT molecular complexity index is 372. The van der Waals surface area contributed by atoms with Crippen LogP contribution in [0, 0.1) is 5.41 Å². The maximum atomic E-state index is 12.7. The Morgan fingerprint density at radius 3 is 2.29 bits per heavy atom. The summed E-state index contributed by atoms with van der Waals surface area (Å²) in [6.45, 7) is 4.61. The molecule has 0 saturated carbocycles. The molecule has 2 nitrogen and oxygen atoms in total. The van der Waals surface area contributed by atoms with Gasteiger partial charge in [0, 0.05) is 12.2 Å². The van der Waals surface area contributed by atoms with Gasteiger partial charge in [-0.2, -0.15) is 13.2 Å². The summed E-state index contributed by atoms with van der Waals surface area (Å²) >= 11 is 0. The van der Waals surface area contributed by atoms with Crippen LogP contribution in [0.2, 0.25) is 0 Å². The van der Waals surface area contributed by atoms with Gasteiger partial charge in [-0.15, -0.1) is 0 Å². The molecule has 0 bridgehead atoms. The number of hydrogen-bond donors (Lipinski definition) is 2. The number of rotatable bonds is 4. The molecule has 0 heterocycles. The molecular formula is C12H17F3N2. The second-order valence-electron chi connectivity index (χ2n) is 4.77. The van der Waals surface area contributed by atoms with Crippen molar-refractivity contribution in [1.29, 1.82) is 0 Å². The summed E-state index contributed by atoms with van der Waals surface area (Å²) in [4.78, 5) is 0. The van der Waals surface area contributed by atoms with Gasteiger partial charge in [-0.05, 0) is 24.1 Å². The normalized spacial score (nSPS) is 12.6. The average molecular weight is 246 g/mol. The van der Waals surface area contributed by atoms with E-state index in [0.717, 1.165) is 6.07 Å². The van der Waals surface area contributed by atoms with Gasteiger partial charge >= 0.3 is 6.18 Å². The van der Waals surface area contributed by atoms with Gasteiger partial charge < -0.3 is 11.1 Å². The molecule has 0 aliphatic rings. The van der Waals surface area contributed by atoms with E-state index < -0.39 is 11.7 Å². The number of hydrogen-bond acceptors (Lipinski definition) is 2. The van der Waals surface area contributed by atoms with Crippen molar-refractivity contribution in [2.24, 2.45) is 11.1 Å². The van der Waals surface area contributed by atoms with Gasteiger partial charge in [0.05, 0.1) is 5.56 Å². The molecule has 1 aromatic carbocycles. The molecule has 0 radical (unpaired) electrons. The van der Waals surface area contributed by atoms with E-state index in [0.29, 0.717) is 13.1 Å². The second-order valence-corrected chi connectivity index (χ2v) is 4.77. The fourth-order valence-corrected chi connectivity index (χ4v) is 1.29. The molecule has 0 aromatic heterocycles. The number of para-hydroxylation sites is 1. The lowest BCUT2D eigenvalue weighted by molar-refractivity contribution is -0.137. The Morgan fingerprint density at radius 1 is 1.18 bits per heavy atom. The molecule has 0 saturated heterocycles. The minimum Gasteiger partial charge on any atom is -0.384 e. The van der Waals surface area contributed by atoms with Gasteiger partial charge in [0.15, 0.2) is 0 Å². The largest absolute Gasteiger partial charge is 0.418 e. The van der Waals surface area contributed by atoms with E-state index in [1.807, 2.05) is 13.8 Å². The molecule has 1 rings (SSSR count). The fourth-order valence-electron chi connectivity index (χ4n) is 1.29. The van der Waals surface area contributed by atoms with Crippen LogP contribution in [-0.2, 0) is 6.18 Å². The van der Waals surface area contributed by atoms with Crippen LogP contribution in [0.4, 0.5) is 18.9 Å². The number of halogens is 3. The lowest BCUT2D eigenvalue weighted by Gasteiger charge is -2.24. The first-order valence-electron chi connectivity index (χ1n) is 5.36. The van der Waals surface area contributed by atoms with Crippen molar-refractivity contribution in [3.05, 3.63) is 29.8 Å². The zero-order valence-corrected chi connectivity index (χ0v) is 9.93. The zero-order chi connectivity index (χ0) is 13.1. The van der Waals surface area contributed by atoms with E-state index in [9.17, 15) is 13.2 Å². The quantitative estimate of drug-likeness (QED) is 0.856. The highest BCUT2D eigenvalue weighted by molar-refractivity contribution is 5.52. The van der Waals surface area contributed by atoms with E-state index >= 15 is 0 Å². The standard InChI is InChI=1S/C12H17F3N2/c1-11(2,7-16)8-17-10-6-4-3-5-9(10)12(13,14)15/h3-6,17H,7-8,16H2,1-2H3. The van der Waals surface area contributed by atoms with Crippen LogP contribution in [0.25, 0.3) is 0 Å². The highest BCUT2D eigenvalue weighted by Gasteiger charge is 2.33. The third-order valence-corrected chi connectivity index (χ3v) is 2.54. The van der Waals surface area contributed by atoms with Crippen LogP contribution in [0.3, 0.4) is 0 Å². The average Bonchev–Trinajstić information content (AvgIpc) is 2.26. The predicted octanol–water partition coefficient (Wildman–Crippen LogP) is 3.10. The molecule has 0 unspecified atom stereocenters. The van der Waals surface area contributed by atoms with Crippen LogP contribution >= 0.6 is 0 Å². The molecule has 1 aromatic rings. The number of anilines is 1. The number of benzene rings is 1. The van der Waals surface area contributed by atoms with Gasteiger partial charge in [0.2, 0.25) is 0 Å². The second kappa shape index (κ2) is 4.96. The predicted molar refractivity (Wildman–Crippen MR) is 62.8 cm³/mol. The Labute approximate surface area is 99.0 Å². The van der Waals surface area contributed by atoms with Crippen LogP contribution in [0.5, 0.6) is 0 Å². The molecule has 96 valence electrons. The molecular weight excluding hydrogens is 229 g/mol. The monoisotopic (exact) mass is 246 g/mol. The Balaban J connectivity index is 2.85. The topological polar surface area (TPSA) is 38.0 Å². The molecule has 0 aliphatic carbocycles. The molecule has 17 heavy (non-hydrogen) atoms. The van der Waals surface area contributed by atoms with Gasteiger partial charge in [-0.1, -0.05) is 26.0 Å². The molecule has 0 fully saturated rings. The van der Waals surface area contributed by atoms with Crippen molar-refractivity contribution in [1.82, 2.24) is 0 Å². The smallest absolute Gasteiger partial charge is 0.384 e. The van der Waals surface area contributed by atoms with E-state index in [4.69, 9.17) is 5.73 Å². The van der Waals surface area contributed by atoms with E-state index in [1.54, 1.807) is 6.07 Å². The van der Waals surface area contributed by atoms with E-state index in [1.165, 1.54) is 12.1 Å². The molecule has 0 amide bonds. The molecule has 0 spiro atoms. The van der Waals surface area contributed by atoms with Crippen LogP contribution in [0.1, 0.15) is 19.4 Å². The fraction of sp³-hybridized carbons (Fsp3) is 0.500. The van der Waals surface area contributed by atoms with Gasteiger partial charge in [-0.25, -0.2) is 0 Å². The molecule has 5 heteroatoms. The Kier molecular flexibility index (Phi) is 4.03. The van der Waals surface area contributed by atoms with E-state index in [-0.39, 0.29) is 11.1 Å². The maximum absolute atomic E-state index is 12.7. The lowest BCUT2D eigenvalue weighted by atomic mass is 9.93. The minimum atomic E-state index is -4.34. The first-order chi connectivity index (χ1) is 7.76. The highest BCUT2D eigenvalue weighted by Crippen LogP contribution is 2.34. The van der Waals surface area contributed by atoms with E-state index in [2.05, 4.69) is 5.32 Å². The van der Waals surface area contributed by atoms with Crippen LogP contribution in [-0.4, -0.2) is 13.1 Å². The van der Waals surface area contributed by atoms with Crippen molar-refractivity contribution < 1.29 is 13.2 Å². The summed E-state index contributed by atoms with van der Waals surface area (Å²) in [7, 11) is 0. The summed E-state index contributed by atoms with van der Waals surface area (Å²) < 4.78 is 38.1. The van der Waals surface area contributed by atoms with Gasteiger partial charge in [-0.3, -0.25) is 0 Å². The van der Waals surface area contributed by atoms with Crippen molar-refractivity contribution in [3.8, 4) is 0 Å². The SMILES string of the molecule is CC(C)(CN)CNc1ccccc1C(F)(F)F. The Hall–Kier alpha value is -1.23. The number of nitrogens with two attached hydrogens (primary N) is 1. The first kappa shape index (κ1) is 13.8. The van der Waals surface area contributed by atoms with Gasteiger partial charge in [0.25, 0.3) is 0 Å². The van der Waals surface area contributed by atoms with Crippen molar-refractivity contribution >= 4 is 5.69 Å². The summed E-state index contributed by atoms with van der Waals surface area (Å²) in [5.74, 6) is 0. The summed E-state index contributed by atoms with van der Waals surface area (Å²) in [6, 6.07) is 5.45. The maximum Gasteiger partial charge on any atom is 0.418 e. The van der Waals surface area contributed by atoms with Gasteiger partial charge in [0.1, 0.15) is 0 Å². The van der Waals surface area contributed by atoms with Crippen molar-refractivity contribution in [3.63, 3.8) is 0 Å². The summed E-state index contributed by atoms with van der Waals surface area (Å²) in [5, 5.41) is 2.81. The highest BCUT2D eigenvalue weighted by atomic mass is 19.4. The van der Waals surface area contributed by atoms with Crippen molar-refractivity contribution in [2.45, 2.75) is 20.0 Å². The number of alkyl halides is 3. The first-order valence-corrected chi connectivity index (χ1v) is 5.36. The number of nitrogens with one attached hydrogen (secondary N) is 1.